The molecule has 2 atom stereocenters. The quantitative estimate of drug-likeness (QED) is 0.793. The zero-order chi connectivity index (χ0) is 19.4. The first-order valence-corrected chi connectivity index (χ1v) is 9.84. The molecule has 0 spiro atoms. The van der Waals surface area contributed by atoms with E-state index in [9.17, 15) is 9.59 Å². The molecule has 1 aromatic heterocycles. The number of ether oxygens (including phenoxy) is 1. The number of carbonyl (C=O) groups is 2. The molecule has 2 unspecified atom stereocenters. The third-order valence-electron chi connectivity index (χ3n) is 4.90. The van der Waals surface area contributed by atoms with Crippen molar-refractivity contribution in [2.75, 3.05) is 39.2 Å². The summed E-state index contributed by atoms with van der Waals surface area (Å²) in [5, 5.41) is 7.17. The van der Waals surface area contributed by atoms with Gasteiger partial charge in [0.1, 0.15) is 5.75 Å². The van der Waals surface area contributed by atoms with E-state index >= 15 is 0 Å². The van der Waals surface area contributed by atoms with Crippen molar-refractivity contribution in [2.24, 2.45) is 5.92 Å². The first-order valence-electron chi connectivity index (χ1n) is 8.90. The lowest BCUT2D eigenvalue weighted by Crippen LogP contribution is -2.38. The number of hydrogen-bond donors (Lipinski definition) is 1. The Bertz CT molecular complexity index is 774. The van der Waals surface area contributed by atoms with Crippen molar-refractivity contribution in [2.45, 2.75) is 12.5 Å². The summed E-state index contributed by atoms with van der Waals surface area (Å²) in [6, 6.07) is 9.52. The molecule has 1 saturated heterocycles. The normalized spacial score (nSPS) is 18.0. The van der Waals surface area contributed by atoms with Crippen LogP contribution in [0.2, 0.25) is 0 Å². The molecule has 2 heterocycles. The lowest BCUT2D eigenvalue weighted by Gasteiger charge is -2.24. The van der Waals surface area contributed by atoms with Crippen molar-refractivity contribution in [3.63, 3.8) is 0 Å². The van der Waals surface area contributed by atoms with E-state index in [2.05, 4.69) is 21.7 Å². The Morgan fingerprint density at radius 3 is 2.67 bits per heavy atom. The predicted octanol–water partition coefficient (Wildman–Crippen LogP) is 2.53. The maximum Gasteiger partial charge on any atom is 0.227 e. The summed E-state index contributed by atoms with van der Waals surface area (Å²) in [6.07, 6.45) is 0.239. The van der Waals surface area contributed by atoms with Crippen molar-refractivity contribution in [3.05, 3.63) is 46.7 Å². The van der Waals surface area contributed by atoms with E-state index in [0.717, 1.165) is 11.4 Å². The molecule has 2 amide bonds. The molecule has 144 valence electrons. The van der Waals surface area contributed by atoms with Crippen LogP contribution >= 0.6 is 11.3 Å². The molecule has 0 saturated carbocycles. The molecular weight excluding hydrogens is 362 g/mol. The molecule has 6 nitrogen and oxygen atoms in total. The van der Waals surface area contributed by atoms with Crippen molar-refractivity contribution in [3.8, 4) is 5.75 Å². The van der Waals surface area contributed by atoms with E-state index < -0.39 is 0 Å². The molecule has 1 aromatic carbocycles. The van der Waals surface area contributed by atoms with Gasteiger partial charge >= 0.3 is 0 Å². The lowest BCUT2D eigenvalue weighted by molar-refractivity contribution is -0.126. The van der Waals surface area contributed by atoms with Crippen LogP contribution in [0.1, 0.15) is 18.0 Å². The standard InChI is InChI=1S/C20H25N3O3S/c1-22(2)18(14-8-9-27-13-14)11-21-20(25)15-10-19(24)23(12-15)16-4-6-17(26-3)7-5-16/h4-9,13,15,18H,10-12H2,1-3H3,(H,21,25). The molecule has 1 N–H and O–H groups in total. The molecule has 0 aliphatic carbocycles. The van der Waals surface area contributed by atoms with Crippen LogP contribution in [0.15, 0.2) is 41.1 Å². The second-order valence-electron chi connectivity index (χ2n) is 6.88. The maximum atomic E-state index is 12.6. The highest BCUT2D eigenvalue weighted by Crippen LogP contribution is 2.27. The molecule has 1 aliphatic heterocycles. The van der Waals surface area contributed by atoms with Crippen LogP contribution in [0.3, 0.4) is 0 Å². The van der Waals surface area contributed by atoms with Crippen LogP contribution in [0.5, 0.6) is 5.75 Å². The molecule has 2 aromatic rings. The number of methoxy groups -OCH3 is 1. The highest BCUT2D eigenvalue weighted by Gasteiger charge is 2.35. The number of likely N-dealkylation sites (N-methyl/N-ethyl adjacent to an activating group) is 1. The lowest BCUT2D eigenvalue weighted by atomic mass is 10.1. The summed E-state index contributed by atoms with van der Waals surface area (Å²) in [5.41, 5.74) is 1.98. The van der Waals surface area contributed by atoms with E-state index in [0.29, 0.717) is 13.1 Å². The molecular formula is C20H25N3O3S. The molecule has 0 bridgehead atoms. The number of carbonyl (C=O) groups excluding carboxylic acids is 2. The van der Waals surface area contributed by atoms with Crippen LogP contribution < -0.4 is 15.0 Å². The number of rotatable bonds is 7. The minimum absolute atomic E-state index is 0.0256. The second-order valence-corrected chi connectivity index (χ2v) is 7.66. The van der Waals surface area contributed by atoms with Crippen LogP contribution in [0, 0.1) is 5.92 Å². The number of anilines is 1. The van der Waals surface area contributed by atoms with Crippen LogP contribution in [0.25, 0.3) is 0 Å². The fraction of sp³-hybridized carbons (Fsp3) is 0.400. The molecule has 1 aliphatic rings. The Morgan fingerprint density at radius 2 is 2.07 bits per heavy atom. The molecule has 27 heavy (non-hydrogen) atoms. The van der Waals surface area contributed by atoms with Gasteiger partial charge in [0.25, 0.3) is 0 Å². The van der Waals surface area contributed by atoms with Gasteiger partial charge in [-0.3, -0.25) is 9.59 Å². The summed E-state index contributed by atoms with van der Waals surface area (Å²) in [5.74, 6) is 0.316. The minimum atomic E-state index is -0.329. The average molecular weight is 388 g/mol. The number of thiophene rings is 1. The first-order chi connectivity index (χ1) is 13.0. The average Bonchev–Trinajstić information content (AvgIpc) is 3.31. The first kappa shape index (κ1) is 19.4. The van der Waals surface area contributed by atoms with Crippen LogP contribution in [-0.4, -0.2) is 51.0 Å². The summed E-state index contributed by atoms with van der Waals surface area (Å²) in [7, 11) is 5.60. The number of nitrogens with zero attached hydrogens (tertiary/aromatic N) is 2. The Labute approximate surface area is 163 Å². The molecule has 1 fully saturated rings. The van der Waals surface area contributed by atoms with E-state index in [-0.39, 0.29) is 30.2 Å². The van der Waals surface area contributed by atoms with Crippen molar-refractivity contribution < 1.29 is 14.3 Å². The molecule has 0 radical (unpaired) electrons. The summed E-state index contributed by atoms with van der Waals surface area (Å²) in [6.45, 7) is 0.928. The monoisotopic (exact) mass is 387 g/mol. The van der Waals surface area contributed by atoms with Gasteiger partial charge in [-0.25, -0.2) is 0 Å². The van der Waals surface area contributed by atoms with Gasteiger partial charge in [0.05, 0.1) is 19.1 Å². The van der Waals surface area contributed by atoms with Gasteiger partial charge in [-0.05, 0) is 60.8 Å². The van der Waals surface area contributed by atoms with Gasteiger partial charge in [0.15, 0.2) is 0 Å². The Balaban J connectivity index is 1.60. The largest absolute Gasteiger partial charge is 0.497 e. The molecule has 7 heteroatoms. The summed E-state index contributed by atoms with van der Waals surface area (Å²) < 4.78 is 5.15. The Hall–Kier alpha value is -2.38. The number of nitrogens with one attached hydrogen (secondary N) is 1. The minimum Gasteiger partial charge on any atom is -0.497 e. The number of benzene rings is 1. The van der Waals surface area contributed by atoms with Crippen molar-refractivity contribution >= 4 is 28.8 Å². The fourth-order valence-electron chi connectivity index (χ4n) is 3.30. The SMILES string of the molecule is COc1ccc(N2CC(C(=O)NCC(c3ccsc3)N(C)C)CC2=O)cc1. The summed E-state index contributed by atoms with van der Waals surface area (Å²) >= 11 is 1.65. The fourth-order valence-corrected chi connectivity index (χ4v) is 4.01. The highest BCUT2D eigenvalue weighted by molar-refractivity contribution is 7.07. The number of hydrogen-bond acceptors (Lipinski definition) is 5. The summed E-state index contributed by atoms with van der Waals surface area (Å²) in [4.78, 5) is 28.8. The zero-order valence-electron chi connectivity index (χ0n) is 15.8. The van der Waals surface area contributed by atoms with Gasteiger partial charge in [0, 0.05) is 25.2 Å². The topological polar surface area (TPSA) is 61.9 Å². The van der Waals surface area contributed by atoms with E-state index in [1.54, 1.807) is 23.3 Å². The smallest absolute Gasteiger partial charge is 0.227 e. The van der Waals surface area contributed by atoms with E-state index in [1.807, 2.05) is 43.7 Å². The Morgan fingerprint density at radius 1 is 1.33 bits per heavy atom. The van der Waals surface area contributed by atoms with Gasteiger partial charge in [0.2, 0.25) is 11.8 Å². The van der Waals surface area contributed by atoms with E-state index in [1.165, 1.54) is 5.56 Å². The third kappa shape index (κ3) is 4.48. The van der Waals surface area contributed by atoms with Crippen LogP contribution in [-0.2, 0) is 9.59 Å². The van der Waals surface area contributed by atoms with Gasteiger partial charge in [-0.2, -0.15) is 11.3 Å². The zero-order valence-corrected chi connectivity index (χ0v) is 16.7. The molecule has 3 rings (SSSR count). The van der Waals surface area contributed by atoms with E-state index in [4.69, 9.17) is 4.74 Å². The Kier molecular flexibility index (Phi) is 6.13. The maximum absolute atomic E-state index is 12.6. The van der Waals surface area contributed by atoms with Crippen molar-refractivity contribution in [1.29, 1.82) is 0 Å². The highest BCUT2D eigenvalue weighted by atomic mass is 32.1. The van der Waals surface area contributed by atoms with Crippen molar-refractivity contribution in [1.82, 2.24) is 10.2 Å². The second kappa shape index (κ2) is 8.54. The van der Waals surface area contributed by atoms with Gasteiger partial charge in [-0.1, -0.05) is 0 Å². The number of amides is 2. The van der Waals surface area contributed by atoms with Crippen LogP contribution in [0.4, 0.5) is 5.69 Å². The predicted molar refractivity (Wildman–Crippen MR) is 107 cm³/mol. The third-order valence-corrected chi connectivity index (χ3v) is 5.60. The van der Waals surface area contributed by atoms with Gasteiger partial charge in [-0.15, -0.1) is 0 Å². The van der Waals surface area contributed by atoms with Gasteiger partial charge < -0.3 is 19.9 Å².